The van der Waals surface area contributed by atoms with Crippen LogP contribution in [0.2, 0.25) is 0 Å². The normalized spacial score (nSPS) is 21.0. The maximum absolute atomic E-state index is 13.0. The highest BCUT2D eigenvalue weighted by Gasteiger charge is 2.40. The third-order valence-electron chi connectivity index (χ3n) is 6.04. The first kappa shape index (κ1) is 26.9. The van der Waals surface area contributed by atoms with Crippen molar-refractivity contribution in [3.05, 3.63) is 0 Å². The Kier molecular flexibility index (Phi) is 13.9. The Bertz CT molecular complexity index is 394. The summed E-state index contributed by atoms with van der Waals surface area (Å²) in [6.07, 6.45) is 3.98. The van der Waals surface area contributed by atoms with Crippen LogP contribution in [0, 0.1) is 11.3 Å². The number of piperidine rings is 1. The van der Waals surface area contributed by atoms with Crippen LogP contribution in [-0.2, 0) is 14.3 Å². The molecule has 0 spiro atoms. The first-order valence-corrected chi connectivity index (χ1v) is 9.96. The molecule has 2 N–H and O–H groups in total. The average Bonchev–Trinajstić information content (AvgIpc) is 2.66. The number of nitrogens with one attached hydrogen (secondary N) is 2. The molecule has 0 aromatic heterocycles. The van der Waals surface area contributed by atoms with E-state index in [-0.39, 0.29) is 36.1 Å². The lowest BCUT2D eigenvalue weighted by atomic mass is 9.78. The number of rotatable bonds is 9. The number of hydrogen-bond acceptors (Lipinski definition) is 5. The lowest BCUT2D eigenvalue weighted by molar-refractivity contribution is -0.136. The molecule has 2 rings (SSSR count). The van der Waals surface area contributed by atoms with E-state index < -0.39 is 0 Å². The molecule has 1 atom stereocenters. The van der Waals surface area contributed by atoms with Crippen LogP contribution < -0.4 is 10.6 Å². The van der Waals surface area contributed by atoms with E-state index in [1.54, 1.807) is 7.11 Å². The number of hydrogen-bond donors (Lipinski definition) is 2. The summed E-state index contributed by atoms with van der Waals surface area (Å²) in [5.41, 5.74) is -0.372. The van der Waals surface area contributed by atoms with E-state index in [4.69, 9.17) is 9.47 Å². The van der Waals surface area contributed by atoms with Crippen LogP contribution in [0.15, 0.2) is 0 Å². The molecule has 1 amide bonds. The number of carbonyl (C=O) groups excluding carboxylic acids is 1. The lowest BCUT2D eigenvalue weighted by Crippen LogP contribution is -2.55. The third-order valence-corrected chi connectivity index (χ3v) is 6.04. The number of morpholine rings is 1. The molecule has 0 radical (unpaired) electrons. The van der Waals surface area contributed by atoms with Gasteiger partial charge in [-0.25, -0.2) is 0 Å². The van der Waals surface area contributed by atoms with E-state index >= 15 is 0 Å². The second-order valence-electron chi connectivity index (χ2n) is 7.47. The second kappa shape index (κ2) is 14.0. The summed E-state index contributed by atoms with van der Waals surface area (Å²) >= 11 is 0. The van der Waals surface area contributed by atoms with Crippen molar-refractivity contribution in [2.45, 2.75) is 45.6 Å². The minimum atomic E-state index is -0.372. The van der Waals surface area contributed by atoms with Crippen LogP contribution in [0.1, 0.15) is 39.5 Å². The largest absolute Gasteiger partial charge is 0.384 e. The third kappa shape index (κ3) is 7.33. The molecule has 0 aromatic rings. The molecule has 6 nitrogen and oxygen atoms in total. The number of amides is 1. The molecule has 2 fully saturated rings. The smallest absolute Gasteiger partial charge is 0.228 e. The van der Waals surface area contributed by atoms with Crippen molar-refractivity contribution in [3.8, 4) is 0 Å². The van der Waals surface area contributed by atoms with Gasteiger partial charge >= 0.3 is 0 Å². The van der Waals surface area contributed by atoms with Crippen molar-refractivity contribution in [1.82, 2.24) is 15.5 Å². The molecular weight excluding hydrogens is 389 g/mol. The molecule has 0 aromatic carbocycles. The van der Waals surface area contributed by atoms with Gasteiger partial charge in [-0.1, -0.05) is 26.7 Å². The van der Waals surface area contributed by atoms with E-state index in [0.29, 0.717) is 18.6 Å². The first-order chi connectivity index (χ1) is 12.2. The SMILES string of the molecule is CCC(CC)C(CNC(=O)C1(COC)CCNCC1)N1CCOCC1.Cl.Cl. The maximum atomic E-state index is 13.0. The summed E-state index contributed by atoms with van der Waals surface area (Å²) in [4.78, 5) is 15.5. The number of methoxy groups -OCH3 is 1. The van der Waals surface area contributed by atoms with Gasteiger partial charge in [-0.2, -0.15) is 0 Å². The Morgan fingerprint density at radius 2 is 1.78 bits per heavy atom. The highest BCUT2D eigenvalue weighted by molar-refractivity contribution is 5.85. The van der Waals surface area contributed by atoms with Gasteiger partial charge in [-0.3, -0.25) is 9.69 Å². The van der Waals surface area contributed by atoms with Crippen molar-refractivity contribution >= 4 is 30.7 Å². The van der Waals surface area contributed by atoms with Gasteiger partial charge < -0.3 is 20.1 Å². The highest BCUT2D eigenvalue weighted by Crippen LogP contribution is 2.29. The van der Waals surface area contributed by atoms with Crippen molar-refractivity contribution in [1.29, 1.82) is 0 Å². The van der Waals surface area contributed by atoms with E-state index in [2.05, 4.69) is 29.4 Å². The zero-order chi connectivity index (χ0) is 18.1. The van der Waals surface area contributed by atoms with Crippen LogP contribution in [0.4, 0.5) is 0 Å². The lowest BCUT2D eigenvalue weighted by Gasteiger charge is -2.40. The molecule has 2 aliphatic heterocycles. The molecule has 1 unspecified atom stereocenters. The standard InChI is InChI=1S/C19H37N3O3.2ClH/c1-4-16(5-2)17(22-10-12-25-13-11-22)14-21-18(23)19(15-24-3)6-8-20-9-7-19;;/h16-17,20H,4-15H2,1-3H3,(H,21,23);2*1H. The predicted molar refractivity (Wildman–Crippen MR) is 114 cm³/mol. The van der Waals surface area contributed by atoms with Crippen LogP contribution in [-0.4, -0.2) is 76.5 Å². The summed E-state index contributed by atoms with van der Waals surface area (Å²) in [5.74, 6) is 0.768. The van der Waals surface area contributed by atoms with Crippen molar-refractivity contribution < 1.29 is 14.3 Å². The van der Waals surface area contributed by atoms with Gasteiger partial charge in [0.05, 0.1) is 25.2 Å². The van der Waals surface area contributed by atoms with Gasteiger partial charge in [0.15, 0.2) is 0 Å². The number of nitrogens with zero attached hydrogens (tertiary/aromatic N) is 1. The summed E-state index contributed by atoms with van der Waals surface area (Å²) in [7, 11) is 1.69. The molecule has 0 saturated carbocycles. The molecule has 0 aliphatic carbocycles. The Morgan fingerprint density at radius 3 is 2.30 bits per heavy atom. The van der Waals surface area contributed by atoms with Crippen LogP contribution in [0.3, 0.4) is 0 Å². The molecule has 162 valence electrons. The van der Waals surface area contributed by atoms with Gasteiger partial charge in [0.25, 0.3) is 0 Å². The monoisotopic (exact) mass is 427 g/mol. The molecule has 8 heteroatoms. The van der Waals surface area contributed by atoms with Crippen LogP contribution in [0.5, 0.6) is 0 Å². The van der Waals surface area contributed by atoms with Crippen LogP contribution >= 0.6 is 24.8 Å². The van der Waals surface area contributed by atoms with Crippen molar-refractivity contribution in [2.24, 2.45) is 11.3 Å². The Morgan fingerprint density at radius 1 is 1.19 bits per heavy atom. The average molecular weight is 428 g/mol. The van der Waals surface area contributed by atoms with E-state index in [9.17, 15) is 4.79 Å². The van der Waals surface area contributed by atoms with Gasteiger partial charge in [0.1, 0.15) is 0 Å². The van der Waals surface area contributed by atoms with E-state index in [0.717, 1.165) is 71.6 Å². The zero-order valence-corrected chi connectivity index (χ0v) is 18.8. The number of ether oxygens (including phenoxy) is 2. The molecule has 2 aliphatic rings. The summed E-state index contributed by atoms with van der Waals surface area (Å²) in [5, 5.41) is 6.64. The topological polar surface area (TPSA) is 62.8 Å². The fourth-order valence-electron chi connectivity index (χ4n) is 4.34. The highest BCUT2D eigenvalue weighted by atomic mass is 35.5. The molecular formula is C19H39Cl2N3O3. The van der Waals surface area contributed by atoms with Gasteiger partial charge in [-0.15, -0.1) is 24.8 Å². The van der Waals surface area contributed by atoms with E-state index in [1.807, 2.05) is 0 Å². The minimum Gasteiger partial charge on any atom is -0.384 e. The van der Waals surface area contributed by atoms with Crippen molar-refractivity contribution in [2.75, 3.05) is 59.7 Å². The molecule has 2 saturated heterocycles. The van der Waals surface area contributed by atoms with Gasteiger partial charge in [0, 0.05) is 32.8 Å². The maximum Gasteiger partial charge on any atom is 0.228 e. The summed E-state index contributed by atoms with van der Waals surface area (Å²) < 4.78 is 10.9. The Hall–Kier alpha value is -0.110. The Labute approximate surface area is 177 Å². The fraction of sp³-hybridized carbons (Fsp3) is 0.947. The summed E-state index contributed by atoms with van der Waals surface area (Å²) in [6, 6.07) is 0.393. The predicted octanol–water partition coefficient (Wildman–Crippen LogP) is 2.10. The minimum absolute atomic E-state index is 0. The number of halogens is 2. The quantitative estimate of drug-likeness (QED) is 0.589. The fourth-order valence-corrected chi connectivity index (χ4v) is 4.34. The zero-order valence-electron chi connectivity index (χ0n) is 17.1. The number of carbonyl (C=O) groups is 1. The first-order valence-electron chi connectivity index (χ1n) is 9.96. The van der Waals surface area contributed by atoms with Gasteiger partial charge in [0.2, 0.25) is 5.91 Å². The molecule has 27 heavy (non-hydrogen) atoms. The van der Waals surface area contributed by atoms with Gasteiger partial charge in [-0.05, 0) is 31.8 Å². The summed E-state index contributed by atoms with van der Waals surface area (Å²) in [6.45, 7) is 11.0. The molecule has 0 bridgehead atoms. The second-order valence-corrected chi connectivity index (χ2v) is 7.47. The van der Waals surface area contributed by atoms with E-state index in [1.165, 1.54) is 0 Å². The Balaban J connectivity index is 0.00000338. The molecule has 2 heterocycles. The van der Waals surface area contributed by atoms with Crippen molar-refractivity contribution in [3.63, 3.8) is 0 Å². The van der Waals surface area contributed by atoms with Crippen LogP contribution in [0.25, 0.3) is 0 Å².